The number of likely N-dealkylation sites (tertiary alicyclic amines) is 1. The van der Waals surface area contributed by atoms with Crippen molar-refractivity contribution in [1.29, 1.82) is 0 Å². The minimum absolute atomic E-state index is 0.193. The third-order valence-electron chi connectivity index (χ3n) is 4.38. The molecule has 1 atom stereocenters. The molecule has 1 aliphatic rings. The molecule has 0 radical (unpaired) electrons. The van der Waals surface area contributed by atoms with Crippen molar-refractivity contribution in [3.05, 3.63) is 53.6 Å². The van der Waals surface area contributed by atoms with Crippen LogP contribution in [-0.4, -0.2) is 35.3 Å². The molecule has 0 bridgehead atoms. The van der Waals surface area contributed by atoms with Gasteiger partial charge in [0.05, 0.1) is 10.7 Å². The number of rotatable bonds is 4. The van der Waals surface area contributed by atoms with Crippen LogP contribution in [0.15, 0.2) is 48.5 Å². The van der Waals surface area contributed by atoms with Crippen LogP contribution in [0.4, 0.5) is 21.9 Å². The van der Waals surface area contributed by atoms with Crippen molar-refractivity contribution in [2.45, 2.75) is 25.8 Å². The molecule has 4 amide bonds. The number of para-hydroxylation sites is 1. The fourth-order valence-corrected chi connectivity index (χ4v) is 3.32. The SMILES string of the molecule is CC(=O)Nc1cccc(NC(=O)C2CCCN2C(=O)Nc2ccccc2Cl)c1. The number of hydrogen-bond acceptors (Lipinski definition) is 3. The largest absolute Gasteiger partial charge is 0.326 e. The molecule has 3 N–H and O–H groups in total. The van der Waals surface area contributed by atoms with Crippen LogP contribution in [0, 0.1) is 0 Å². The van der Waals surface area contributed by atoms with Gasteiger partial charge in [-0.2, -0.15) is 0 Å². The Labute approximate surface area is 168 Å². The van der Waals surface area contributed by atoms with Gasteiger partial charge in [-0.3, -0.25) is 9.59 Å². The maximum absolute atomic E-state index is 12.7. The summed E-state index contributed by atoms with van der Waals surface area (Å²) in [6.45, 7) is 1.90. The number of halogens is 1. The first kappa shape index (κ1) is 19.7. The Balaban J connectivity index is 1.67. The van der Waals surface area contributed by atoms with Crippen molar-refractivity contribution in [3.63, 3.8) is 0 Å². The second-order valence-corrected chi connectivity index (χ2v) is 6.92. The van der Waals surface area contributed by atoms with E-state index in [2.05, 4.69) is 16.0 Å². The van der Waals surface area contributed by atoms with Crippen LogP contribution in [0.3, 0.4) is 0 Å². The van der Waals surface area contributed by atoms with E-state index in [9.17, 15) is 14.4 Å². The van der Waals surface area contributed by atoms with Gasteiger partial charge in [0, 0.05) is 24.8 Å². The molecular weight excluding hydrogens is 380 g/mol. The van der Waals surface area contributed by atoms with Crippen LogP contribution in [0.2, 0.25) is 5.02 Å². The van der Waals surface area contributed by atoms with E-state index in [1.165, 1.54) is 11.8 Å². The number of hydrogen-bond donors (Lipinski definition) is 3. The first-order chi connectivity index (χ1) is 13.4. The van der Waals surface area contributed by atoms with Crippen LogP contribution in [0.1, 0.15) is 19.8 Å². The predicted molar refractivity (Wildman–Crippen MR) is 110 cm³/mol. The van der Waals surface area contributed by atoms with E-state index >= 15 is 0 Å². The van der Waals surface area contributed by atoms with Crippen LogP contribution >= 0.6 is 11.6 Å². The van der Waals surface area contributed by atoms with Gasteiger partial charge in [0.25, 0.3) is 0 Å². The van der Waals surface area contributed by atoms with E-state index in [0.717, 1.165) is 6.42 Å². The minimum Gasteiger partial charge on any atom is -0.326 e. The van der Waals surface area contributed by atoms with Crippen LogP contribution in [0.5, 0.6) is 0 Å². The van der Waals surface area contributed by atoms with Gasteiger partial charge in [0.1, 0.15) is 6.04 Å². The molecule has 0 saturated carbocycles. The molecule has 0 aromatic heterocycles. The van der Waals surface area contributed by atoms with Gasteiger partial charge < -0.3 is 20.9 Å². The maximum atomic E-state index is 12.7. The summed E-state index contributed by atoms with van der Waals surface area (Å²) in [5.41, 5.74) is 1.64. The summed E-state index contributed by atoms with van der Waals surface area (Å²) in [6.07, 6.45) is 1.31. The maximum Gasteiger partial charge on any atom is 0.322 e. The number of benzene rings is 2. The van der Waals surface area contributed by atoms with Crippen molar-refractivity contribution in [1.82, 2.24) is 4.90 Å². The number of carbonyl (C=O) groups excluding carboxylic acids is 3. The van der Waals surface area contributed by atoms with E-state index < -0.39 is 6.04 Å². The van der Waals surface area contributed by atoms with Crippen LogP contribution in [0.25, 0.3) is 0 Å². The Morgan fingerprint density at radius 2 is 1.71 bits per heavy atom. The standard InChI is InChI=1S/C20H21ClN4O3/c1-13(26)22-14-6-4-7-15(12-14)23-19(27)18-10-5-11-25(18)20(28)24-17-9-3-2-8-16(17)21/h2-4,6-9,12,18H,5,10-11H2,1H3,(H,22,26)(H,23,27)(H,24,28). The van der Waals surface area contributed by atoms with E-state index in [1.807, 2.05) is 0 Å². The number of anilines is 3. The Morgan fingerprint density at radius 1 is 1.00 bits per heavy atom. The molecule has 1 heterocycles. The average molecular weight is 401 g/mol. The van der Waals surface area contributed by atoms with Gasteiger partial charge in [0.2, 0.25) is 11.8 Å². The zero-order valence-electron chi connectivity index (χ0n) is 15.4. The fourth-order valence-electron chi connectivity index (χ4n) is 3.14. The minimum atomic E-state index is -0.577. The molecule has 28 heavy (non-hydrogen) atoms. The lowest BCUT2D eigenvalue weighted by Gasteiger charge is -2.24. The molecule has 1 fully saturated rings. The normalized spacial score (nSPS) is 15.8. The number of amides is 4. The van der Waals surface area contributed by atoms with E-state index in [4.69, 9.17) is 11.6 Å². The summed E-state index contributed by atoms with van der Waals surface area (Å²) in [6, 6.07) is 12.9. The number of urea groups is 1. The topological polar surface area (TPSA) is 90.5 Å². The molecule has 146 valence electrons. The highest BCUT2D eigenvalue weighted by Gasteiger charge is 2.34. The summed E-state index contributed by atoms with van der Waals surface area (Å²) in [5, 5.41) is 8.69. The molecule has 1 unspecified atom stereocenters. The van der Waals surface area contributed by atoms with Gasteiger partial charge in [0.15, 0.2) is 0 Å². The van der Waals surface area contributed by atoms with Crippen molar-refractivity contribution >= 4 is 46.5 Å². The number of carbonyl (C=O) groups is 3. The smallest absolute Gasteiger partial charge is 0.322 e. The lowest BCUT2D eigenvalue weighted by Crippen LogP contribution is -2.45. The fraction of sp³-hybridized carbons (Fsp3) is 0.250. The van der Waals surface area contributed by atoms with Crippen molar-refractivity contribution in [2.75, 3.05) is 22.5 Å². The zero-order valence-corrected chi connectivity index (χ0v) is 16.1. The van der Waals surface area contributed by atoms with Crippen molar-refractivity contribution in [3.8, 4) is 0 Å². The number of nitrogens with one attached hydrogen (secondary N) is 3. The molecule has 0 aliphatic carbocycles. The van der Waals surface area contributed by atoms with Crippen LogP contribution < -0.4 is 16.0 Å². The zero-order chi connectivity index (χ0) is 20.1. The van der Waals surface area contributed by atoms with Gasteiger partial charge in [-0.25, -0.2) is 4.79 Å². The molecule has 1 aliphatic heterocycles. The molecule has 1 saturated heterocycles. The van der Waals surface area contributed by atoms with Crippen molar-refractivity contribution < 1.29 is 14.4 Å². The van der Waals surface area contributed by atoms with E-state index in [-0.39, 0.29) is 17.8 Å². The molecule has 8 heteroatoms. The van der Waals surface area contributed by atoms with E-state index in [1.54, 1.807) is 48.5 Å². The predicted octanol–water partition coefficient (Wildman–Crippen LogP) is 3.93. The second-order valence-electron chi connectivity index (χ2n) is 6.51. The van der Waals surface area contributed by atoms with Gasteiger partial charge in [-0.05, 0) is 43.2 Å². The third-order valence-corrected chi connectivity index (χ3v) is 4.71. The lowest BCUT2D eigenvalue weighted by atomic mass is 10.2. The van der Waals surface area contributed by atoms with Gasteiger partial charge in [-0.1, -0.05) is 29.8 Å². The lowest BCUT2D eigenvalue weighted by molar-refractivity contribution is -0.119. The molecule has 0 spiro atoms. The Kier molecular flexibility index (Phi) is 6.16. The summed E-state index contributed by atoms with van der Waals surface area (Å²) in [5.74, 6) is -0.464. The average Bonchev–Trinajstić information content (AvgIpc) is 3.13. The summed E-state index contributed by atoms with van der Waals surface area (Å²) >= 11 is 6.09. The van der Waals surface area contributed by atoms with Gasteiger partial charge in [-0.15, -0.1) is 0 Å². The molecule has 7 nitrogen and oxygen atoms in total. The third kappa shape index (κ3) is 4.80. The highest BCUT2D eigenvalue weighted by Crippen LogP contribution is 2.24. The first-order valence-electron chi connectivity index (χ1n) is 8.95. The van der Waals surface area contributed by atoms with Crippen molar-refractivity contribution in [2.24, 2.45) is 0 Å². The summed E-state index contributed by atoms with van der Waals surface area (Å²) in [7, 11) is 0. The molecule has 2 aromatic rings. The number of nitrogens with zero attached hydrogens (tertiary/aromatic N) is 1. The highest BCUT2D eigenvalue weighted by molar-refractivity contribution is 6.33. The molecule has 2 aromatic carbocycles. The Bertz CT molecular complexity index is 903. The molecule has 3 rings (SSSR count). The monoisotopic (exact) mass is 400 g/mol. The Morgan fingerprint density at radius 3 is 2.43 bits per heavy atom. The highest BCUT2D eigenvalue weighted by atomic mass is 35.5. The summed E-state index contributed by atoms with van der Waals surface area (Å²) in [4.78, 5) is 38.1. The van der Waals surface area contributed by atoms with E-state index in [0.29, 0.717) is 35.1 Å². The first-order valence-corrected chi connectivity index (χ1v) is 9.32. The van der Waals surface area contributed by atoms with Gasteiger partial charge >= 0.3 is 6.03 Å². The van der Waals surface area contributed by atoms with Crippen LogP contribution in [-0.2, 0) is 9.59 Å². The Hall–Kier alpha value is -3.06. The quantitative estimate of drug-likeness (QED) is 0.726. The second kappa shape index (κ2) is 8.75. The molecular formula is C20H21ClN4O3. The summed E-state index contributed by atoms with van der Waals surface area (Å²) < 4.78 is 0.